The molecule has 2 N–H and O–H groups in total. The maximum Gasteiger partial charge on any atom is 0.342 e. The van der Waals surface area contributed by atoms with E-state index in [4.69, 9.17) is 4.74 Å². The van der Waals surface area contributed by atoms with Crippen molar-refractivity contribution >= 4 is 11.7 Å². The Balaban J connectivity index is 2.19. The highest BCUT2D eigenvalue weighted by Crippen LogP contribution is 2.18. The number of aromatic amines is 1. The molecule has 0 aliphatic rings. The van der Waals surface area contributed by atoms with E-state index < -0.39 is 0 Å². The monoisotopic (exact) mass is 243 g/mol. The number of ether oxygens (including phenoxy) is 1. The minimum Gasteiger partial charge on any atom is -0.493 e. The number of carbonyl (C=O) groups is 1. The van der Waals surface area contributed by atoms with Gasteiger partial charge in [0.1, 0.15) is 11.3 Å². The smallest absolute Gasteiger partial charge is 0.342 e. The zero-order chi connectivity index (χ0) is 12.8. The number of hydrogen-bond donors (Lipinski definition) is 1. The third-order valence-corrected chi connectivity index (χ3v) is 2.39. The quantitative estimate of drug-likeness (QED) is 0.894. The minimum atomic E-state index is -0.193. The summed E-state index contributed by atoms with van der Waals surface area (Å²) in [6.45, 7) is 2.42. The molecule has 1 aromatic heterocycles. The van der Waals surface area contributed by atoms with Crippen LogP contribution in [0.4, 0.5) is 5.82 Å². The number of pyridine rings is 1. The molecule has 1 heterocycles. The van der Waals surface area contributed by atoms with Crippen molar-refractivity contribution in [2.45, 2.75) is 6.92 Å². The van der Waals surface area contributed by atoms with Crippen LogP contribution in [0.25, 0.3) is 0 Å². The van der Waals surface area contributed by atoms with Crippen LogP contribution in [0.2, 0.25) is 0 Å². The van der Waals surface area contributed by atoms with Crippen LogP contribution in [-0.2, 0) is 0 Å². The number of rotatable bonds is 4. The number of nitrogens with one attached hydrogen (secondary N) is 2. The van der Waals surface area contributed by atoms with E-state index in [1.54, 1.807) is 24.4 Å². The van der Waals surface area contributed by atoms with Gasteiger partial charge in [0, 0.05) is 6.07 Å². The van der Waals surface area contributed by atoms with Gasteiger partial charge in [-0.1, -0.05) is 18.2 Å². The zero-order valence-electron chi connectivity index (χ0n) is 10.1. The van der Waals surface area contributed by atoms with Gasteiger partial charge in [-0.3, -0.25) is 0 Å². The average molecular weight is 243 g/mol. The summed E-state index contributed by atoms with van der Waals surface area (Å²) in [6, 6.07) is 12.7. The highest BCUT2D eigenvalue weighted by atomic mass is 16.5. The van der Waals surface area contributed by atoms with Crippen molar-refractivity contribution in [1.82, 2.24) is 0 Å². The first-order valence-corrected chi connectivity index (χ1v) is 5.81. The van der Waals surface area contributed by atoms with Crippen LogP contribution in [0.5, 0.6) is 5.75 Å². The molecule has 0 radical (unpaired) electrons. The lowest BCUT2D eigenvalue weighted by Gasteiger charge is -2.06. The molecular weight excluding hydrogens is 228 g/mol. The highest BCUT2D eigenvalue weighted by Gasteiger charge is 2.16. The second-order valence-electron chi connectivity index (χ2n) is 3.66. The zero-order valence-corrected chi connectivity index (χ0v) is 10.1. The number of H-pyrrole nitrogens is 1. The van der Waals surface area contributed by atoms with Gasteiger partial charge in [-0.2, -0.15) is 0 Å². The Bertz CT molecular complexity index is 526. The lowest BCUT2D eigenvalue weighted by molar-refractivity contribution is -0.360. The van der Waals surface area contributed by atoms with Crippen LogP contribution in [0, 0.1) is 0 Å². The van der Waals surface area contributed by atoms with Crippen LogP contribution in [0.1, 0.15) is 17.3 Å². The van der Waals surface area contributed by atoms with Gasteiger partial charge in [-0.25, -0.2) is 15.1 Å². The van der Waals surface area contributed by atoms with E-state index in [9.17, 15) is 4.79 Å². The second-order valence-corrected chi connectivity index (χ2v) is 3.66. The summed E-state index contributed by atoms with van der Waals surface area (Å²) in [5.74, 6) is 1.05. The predicted molar refractivity (Wildman–Crippen MR) is 68.6 cm³/mol. The van der Waals surface area contributed by atoms with Crippen LogP contribution in [0.3, 0.4) is 0 Å². The number of para-hydroxylation sites is 1. The molecule has 4 nitrogen and oxygen atoms in total. The van der Waals surface area contributed by atoms with Crippen molar-refractivity contribution < 1.29 is 14.5 Å². The summed E-state index contributed by atoms with van der Waals surface area (Å²) in [4.78, 5) is 15.0. The molecule has 0 bridgehead atoms. The van der Waals surface area contributed by atoms with Gasteiger partial charge in [0.2, 0.25) is 0 Å². The van der Waals surface area contributed by atoms with E-state index >= 15 is 0 Å². The third-order valence-electron chi connectivity index (χ3n) is 2.39. The van der Waals surface area contributed by atoms with Crippen LogP contribution < -0.4 is 15.0 Å². The molecule has 2 aromatic rings. The summed E-state index contributed by atoms with van der Waals surface area (Å²) in [5.41, 5.74) is 0.525. The fraction of sp³-hybridized carbons (Fsp3) is 0.143. The van der Waals surface area contributed by atoms with Crippen molar-refractivity contribution in [2.24, 2.45) is 0 Å². The first-order chi connectivity index (χ1) is 8.81. The number of benzene rings is 1. The molecule has 18 heavy (non-hydrogen) atoms. The van der Waals surface area contributed by atoms with Crippen molar-refractivity contribution in [3.8, 4) is 5.75 Å². The molecular formula is C14H15N2O2+. The average Bonchev–Trinajstić information content (AvgIpc) is 2.41. The molecule has 0 aliphatic heterocycles. The Labute approximate surface area is 106 Å². The highest BCUT2D eigenvalue weighted by molar-refractivity contribution is 6.05. The summed E-state index contributed by atoms with van der Waals surface area (Å²) in [5, 5.41) is 2.78. The summed E-state index contributed by atoms with van der Waals surface area (Å²) in [6.07, 6.45) is 1.75. The van der Waals surface area contributed by atoms with Crippen LogP contribution in [-0.4, -0.2) is 12.5 Å². The molecule has 4 heteroatoms. The van der Waals surface area contributed by atoms with E-state index in [0.717, 1.165) is 0 Å². The summed E-state index contributed by atoms with van der Waals surface area (Å²) in [7, 11) is 0. The van der Waals surface area contributed by atoms with E-state index in [2.05, 4.69) is 10.3 Å². The predicted octanol–water partition coefficient (Wildman–Crippen LogP) is 2.15. The van der Waals surface area contributed by atoms with Gasteiger partial charge >= 0.3 is 5.91 Å². The molecule has 0 saturated carbocycles. The van der Waals surface area contributed by atoms with E-state index in [0.29, 0.717) is 23.7 Å². The number of amides is 1. The normalized spacial score (nSPS) is 9.83. The topological polar surface area (TPSA) is 52.5 Å². The Morgan fingerprint density at radius 1 is 1.22 bits per heavy atom. The Hall–Kier alpha value is -2.36. The molecule has 0 aliphatic carbocycles. The van der Waals surface area contributed by atoms with Gasteiger partial charge in [0.05, 0.1) is 12.8 Å². The third kappa shape index (κ3) is 2.85. The van der Waals surface area contributed by atoms with Crippen LogP contribution >= 0.6 is 0 Å². The molecule has 0 atom stereocenters. The van der Waals surface area contributed by atoms with Gasteiger partial charge in [-0.15, -0.1) is 0 Å². The van der Waals surface area contributed by atoms with E-state index in [1.807, 2.05) is 31.2 Å². The first kappa shape index (κ1) is 12.1. The molecule has 0 fully saturated rings. The van der Waals surface area contributed by atoms with Gasteiger partial charge in [0.15, 0.2) is 0 Å². The molecule has 0 spiro atoms. The number of carbonyl (C=O) groups excluding carboxylic acids is 1. The van der Waals surface area contributed by atoms with Crippen molar-refractivity contribution in [2.75, 3.05) is 11.9 Å². The standard InChI is InChI=1S/C14H14N2O2/c1-2-18-12-8-4-3-7-11(12)14(17)16-13-9-5-6-10-15-13/h3-10H,2H2,1H3,(H,15,16,17)/p+1. The van der Waals surface area contributed by atoms with Crippen molar-refractivity contribution in [1.29, 1.82) is 0 Å². The van der Waals surface area contributed by atoms with E-state index in [-0.39, 0.29) is 5.91 Å². The summed E-state index contributed by atoms with van der Waals surface area (Å²) >= 11 is 0. The van der Waals surface area contributed by atoms with Gasteiger partial charge in [-0.05, 0) is 25.1 Å². The van der Waals surface area contributed by atoms with Gasteiger partial charge in [0.25, 0.3) is 5.82 Å². The molecule has 2 rings (SSSR count). The SMILES string of the molecule is CCOc1ccccc1C(=O)Nc1cccc[nH+]1. The maximum absolute atomic E-state index is 12.1. The minimum absolute atomic E-state index is 0.193. The Kier molecular flexibility index (Phi) is 3.91. The largest absolute Gasteiger partial charge is 0.493 e. The Morgan fingerprint density at radius 3 is 2.72 bits per heavy atom. The van der Waals surface area contributed by atoms with Crippen LogP contribution in [0.15, 0.2) is 48.7 Å². The van der Waals surface area contributed by atoms with Crippen molar-refractivity contribution in [3.05, 3.63) is 54.2 Å². The summed E-state index contributed by atoms with van der Waals surface area (Å²) < 4.78 is 5.42. The van der Waals surface area contributed by atoms with E-state index in [1.165, 1.54) is 0 Å². The molecule has 92 valence electrons. The Morgan fingerprint density at radius 2 is 2.00 bits per heavy atom. The fourth-order valence-corrected chi connectivity index (χ4v) is 1.60. The van der Waals surface area contributed by atoms with Crippen molar-refractivity contribution in [3.63, 3.8) is 0 Å². The lowest BCUT2D eigenvalue weighted by atomic mass is 10.2. The first-order valence-electron chi connectivity index (χ1n) is 5.81. The number of hydrogen-bond acceptors (Lipinski definition) is 2. The second kappa shape index (κ2) is 5.82. The molecule has 1 amide bonds. The number of anilines is 1. The number of aromatic nitrogens is 1. The fourth-order valence-electron chi connectivity index (χ4n) is 1.60. The van der Waals surface area contributed by atoms with Gasteiger partial charge < -0.3 is 4.74 Å². The molecule has 0 saturated heterocycles. The molecule has 0 unspecified atom stereocenters. The maximum atomic E-state index is 12.1. The molecule has 1 aromatic carbocycles. The lowest BCUT2D eigenvalue weighted by Crippen LogP contribution is -2.19.